The minimum Gasteiger partial charge on any atom is -0.497 e. The Hall–Kier alpha value is -2.07. The largest absolute Gasteiger partial charge is 0.497 e. The van der Waals surface area contributed by atoms with E-state index in [0.29, 0.717) is 10.9 Å². The molecule has 3 rings (SSSR count). The molecule has 4 heteroatoms. The molecule has 3 aromatic rings. The van der Waals surface area contributed by atoms with Crippen molar-refractivity contribution >= 4 is 26.8 Å². The second-order valence-corrected chi connectivity index (χ2v) is 5.96. The van der Waals surface area contributed by atoms with Crippen LogP contribution in [-0.2, 0) is 6.54 Å². The molecule has 0 amide bonds. The number of benzene rings is 2. The third-order valence-corrected chi connectivity index (χ3v) is 4.31. The van der Waals surface area contributed by atoms with E-state index in [1.165, 1.54) is 0 Å². The molecule has 1 heterocycles. The third kappa shape index (κ3) is 2.55. The van der Waals surface area contributed by atoms with Crippen molar-refractivity contribution in [3.8, 4) is 16.9 Å². The second kappa shape index (κ2) is 5.97. The van der Waals surface area contributed by atoms with Gasteiger partial charge in [-0.3, -0.25) is 4.79 Å². The monoisotopic (exact) mass is 357 g/mol. The number of halogens is 1. The molecule has 0 bridgehead atoms. The number of aryl methyl sites for hydroxylation is 1. The Kier molecular flexibility index (Phi) is 4.03. The van der Waals surface area contributed by atoms with Crippen LogP contribution in [0.3, 0.4) is 0 Å². The van der Waals surface area contributed by atoms with E-state index >= 15 is 0 Å². The number of methoxy groups -OCH3 is 1. The van der Waals surface area contributed by atoms with Gasteiger partial charge < -0.3 is 9.30 Å². The molecule has 0 saturated carbocycles. The smallest absolute Gasteiger partial charge is 0.197 e. The summed E-state index contributed by atoms with van der Waals surface area (Å²) in [5.74, 6) is 0.755. The van der Waals surface area contributed by atoms with Crippen molar-refractivity contribution in [2.24, 2.45) is 0 Å². The number of nitrogens with zero attached hydrogens (tertiary/aromatic N) is 1. The predicted molar refractivity (Wildman–Crippen MR) is 93.6 cm³/mol. The highest BCUT2D eigenvalue weighted by molar-refractivity contribution is 9.10. The summed E-state index contributed by atoms with van der Waals surface area (Å²) in [6, 6.07) is 13.4. The number of fused-ring (bicyclic) bond motifs is 1. The van der Waals surface area contributed by atoms with Crippen LogP contribution in [0.25, 0.3) is 22.0 Å². The molecular formula is C18H16BrNO2. The molecule has 0 atom stereocenters. The molecule has 2 aromatic carbocycles. The van der Waals surface area contributed by atoms with E-state index < -0.39 is 0 Å². The summed E-state index contributed by atoms with van der Waals surface area (Å²) < 4.78 is 8.35. The number of hydrogen-bond acceptors (Lipinski definition) is 2. The molecule has 112 valence electrons. The van der Waals surface area contributed by atoms with Crippen molar-refractivity contribution in [1.82, 2.24) is 4.57 Å². The first-order chi connectivity index (χ1) is 10.6. The zero-order valence-electron chi connectivity index (χ0n) is 12.5. The van der Waals surface area contributed by atoms with Crippen LogP contribution in [0.15, 0.2) is 57.9 Å². The van der Waals surface area contributed by atoms with Crippen LogP contribution in [0, 0.1) is 0 Å². The predicted octanol–water partition coefficient (Wildman–Crippen LogP) is 4.46. The van der Waals surface area contributed by atoms with Gasteiger partial charge in [-0.25, -0.2) is 0 Å². The van der Waals surface area contributed by atoms with Crippen LogP contribution in [0.4, 0.5) is 0 Å². The Bertz CT molecular complexity index is 882. The van der Waals surface area contributed by atoms with E-state index in [2.05, 4.69) is 27.4 Å². The molecule has 0 aliphatic heterocycles. The van der Waals surface area contributed by atoms with Gasteiger partial charge in [0.05, 0.1) is 12.6 Å². The van der Waals surface area contributed by atoms with Crippen molar-refractivity contribution in [3.63, 3.8) is 0 Å². The van der Waals surface area contributed by atoms with Crippen LogP contribution in [0.5, 0.6) is 5.75 Å². The maximum atomic E-state index is 12.8. The first-order valence-electron chi connectivity index (χ1n) is 7.11. The van der Waals surface area contributed by atoms with Gasteiger partial charge in [-0.2, -0.15) is 0 Å². The first kappa shape index (κ1) is 14.9. The molecule has 22 heavy (non-hydrogen) atoms. The van der Waals surface area contributed by atoms with Gasteiger partial charge in [-0.15, -0.1) is 0 Å². The number of ether oxygens (including phenoxy) is 1. The number of aromatic nitrogens is 1. The molecule has 0 N–H and O–H groups in total. The minimum atomic E-state index is 0.0460. The van der Waals surface area contributed by atoms with Crippen LogP contribution in [0.2, 0.25) is 0 Å². The minimum absolute atomic E-state index is 0.0460. The normalized spacial score (nSPS) is 10.9. The summed E-state index contributed by atoms with van der Waals surface area (Å²) in [6.45, 7) is 2.85. The molecule has 0 radical (unpaired) electrons. The van der Waals surface area contributed by atoms with E-state index in [4.69, 9.17) is 4.74 Å². The fraction of sp³-hybridized carbons (Fsp3) is 0.167. The lowest BCUT2D eigenvalue weighted by molar-refractivity contribution is 0.415. The van der Waals surface area contributed by atoms with E-state index in [-0.39, 0.29) is 5.43 Å². The fourth-order valence-electron chi connectivity index (χ4n) is 2.59. The molecule has 1 aromatic heterocycles. The summed E-state index contributed by atoms with van der Waals surface area (Å²) in [7, 11) is 1.63. The molecule has 0 saturated heterocycles. The lowest BCUT2D eigenvalue weighted by atomic mass is 10.0. The van der Waals surface area contributed by atoms with Gasteiger partial charge in [0.15, 0.2) is 5.43 Å². The standard InChI is InChI=1S/C18H16BrNO2/c1-3-20-11-16(12-4-6-13(19)7-5-12)18(21)15-9-8-14(22-2)10-17(15)20/h4-11H,3H2,1-2H3. The van der Waals surface area contributed by atoms with Gasteiger partial charge >= 0.3 is 0 Å². The summed E-state index contributed by atoms with van der Waals surface area (Å²) in [6.07, 6.45) is 1.92. The highest BCUT2D eigenvalue weighted by Crippen LogP contribution is 2.24. The van der Waals surface area contributed by atoms with Gasteiger partial charge in [-0.05, 0) is 36.8 Å². The number of pyridine rings is 1. The average Bonchev–Trinajstić information content (AvgIpc) is 2.56. The molecule has 3 nitrogen and oxygen atoms in total. The molecule has 0 spiro atoms. The van der Waals surface area contributed by atoms with Crippen molar-refractivity contribution in [3.05, 3.63) is 63.4 Å². The highest BCUT2D eigenvalue weighted by atomic mass is 79.9. The van der Waals surface area contributed by atoms with Crippen LogP contribution in [0.1, 0.15) is 6.92 Å². The van der Waals surface area contributed by atoms with E-state index in [1.807, 2.05) is 48.7 Å². The maximum absolute atomic E-state index is 12.8. The lowest BCUT2D eigenvalue weighted by Gasteiger charge is -2.13. The summed E-state index contributed by atoms with van der Waals surface area (Å²) in [5, 5.41) is 0.711. The molecule has 0 fully saturated rings. The summed E-state index contributed by atoms with van der Waals surface area (Å²) in [4.78, 5) is 12.8. The van der Waals surface area contributed by atoms with Gasteiger partial charge in [0.1, 0.15) is 5.75 Å². The van der Waals surface area contributed by atoms with Gasteiger partial charge in [0.25, 0.3) is 0 Å². The van der Waals surface area contributed by atoms with Crippen molar-refractivity contribution in [1.29, 1.82) is 0 Å². The Morgan fingerprint density at radius 3 is 2.50 bits per heavy atom. The first-order valence-corrected chi connectivity index (χ1v) is 7.90. The molecule has 0 unspecified atom stereocenters. The van der Waals surface area contributed by atoms with Crippen molar-refractivity contribution in [2.45, 2.75) is 13.5 Å². The van der Waals surface area contributed by atoms with Gasteiger partial charge in [0.2, 0.25) is 0 Å². The zero-order chi connectivity index (χ0) is 15.7. The summed E-state index contributed by atoms with van der Waals surface area (Å²) in [5.41, 5.74) is 2.58. The van der Waals surface area contributed by atoms with Crippen LogP contribution < -0.4 is 10.2 Å². The highest BCUT2D eigenvalue weighted by Gasteiger charge is 2.11. The van der Waals surface area contributed by atoms with Crippen molar-refractivity contribution < 1.29 is 4.74 Å². The van der Waals surface area contributed by atoms with E-state index in [1.54, 1.807) is 7.11 Å². The van der Waals surface area contributed by atoms with E-state index in [9.17, 15) is 4.79 Å². The summed E-state index contributed by atoms with van der Waals surface area (Å²) >= 11 is 3.42. The Labute approximate surface area is 137 Å². The molecule has 0 aliphatic rings. The fourth-order valence-corrected chi connectivity index (χ4v) is 2.86. The van der Waals surface area contributed by atoms with Gasteiger partial charge in [0, 0.05) is 34.2 Å². The SMILES string of the molecule is CCn1cc(-c2ccc(Br)cc2)c(=O)c2ccc(OC)cc21. The Balaban J connectivity index is 2.31. The van der Waals surface area contributed by atoms with Gasteiger partial charge in [-0.1, -0.05) is 28.1 Å². The second-order valence-electron chi connectivity index (χ2n) is 5.05. The van der Waals surface area contributed by atoms with Crippen LogP contribution >= 0.6 is 15.9 Å². The quantitative estimate of drug-likeness (QED) is 0.692. The third-order valence-electron chi connectivity index (χ3n) is 3.78. The number of hydrogen-bond donors (Lipinski definition) is 0. The van der Waals surface area contributed by atoms with Crippen molar-refractivity contribution in [2.75, 3.05) is 7.11 Å². The number of rotatable bonds is 3. The van der Waals surface area contributed by atoms with Crippen LogP contribution in [-0.4, -0.2) is 11.7 Å². The maximum Gasteiger partial charge on any atom is 0.197 e. The Morgan fingerprint density at radius 1 is 1.14 bits per heavy atom. The average molecular weight is 358 g/mol. The van der Waals surface area contributed by atoms with E-state index in [0.717, 1.165) is 27.8 Å². The Morgan fingerprint density at radius 2 is 1.86 bits per heavy atom. The molecular weight excluding hydrogens is 342 g/mol. The molecule has 0 aliphatic carbocycles. The lowest BCUT2D eigenvalue weighted by Crippen LogP contribution is -2.11. The topological polar surface area (TPSA) is 31.2 Å². The zero-order valence-corrected chi connectivity index (χ0v) is 14.1.